The topological polar surface area (TPSA) is 137 Å². The number of nitrogens with two attached hydrogens (primary N) is 2. The first kappa shape index (κ1) is 17.6. The second-order valence-corrected chi connectivity index (χ2v) is 4.67. The van der Waals surface area contributed by atoms with Gasteiger partial charge in [-0.25, -0.2) is 5.84 Å². The number of amides is 2. The fraction of sp³-hybridized carbons (Fsp3) is 0.357. The fourth-order valence-corrected chi connectivity index (χ4v) is 1.72. The molecule has 0 unspecified atom stereocenters. The molecule has 6 N–H and O–H groups in total. The minimum absolute atomic E-state index is 0.317. The first-order valence-corrected chi connectivity index (χ1v) is 6.67. The molecular weight excluding hydrogens is 288 g/mol. The summed E-state index contributed by atoms with van der Waals surface area (Å²) >= 11 is 0. The number of carbonyl (C=O) groups is 3. The fourth-order valence-electron chi connectivity index (χ4n) is 1.72. The Morgan fingerprint density at radius 2 is 1.82 bits per heavy atom. The maximum Gasteiger partial charge on any atom is 0.302 e. The summed E-state index contributed by atoms with van der Waals surface area (Å²) in [6.07, 6.45) is 0.317. The molecule has 1 rings (SSSR count). The van der Waals surface area contributed by atoms with Gasteiger partial charge in [0, 0.05) is 6.92 Å². The van der Waals surface area contributed by atoms with Crippen LogP contribution >= 0.6 is 0 Å². The van der Waals surface area contributed by atoms with Crippen LogP contribution in [-0.4, -0.2) is 36.5 Å². The van der Waals surface area contributed by atoms with Gasteiger partial charge in [0.25, 0.3) is 5.91 Å². The van der Waals surface area contributed by atoms with Crippen molar-refractivity contribution in [1.82, 2.24) is 10.7 Å². The third kappa shape index (κ3) is 5.90. The van der Waals surface area contributed by atoms with Crippen LogP contribution < -0.4 is 22.3 Å². The summed E-state index contributed by atoms with van der Waals surface area (Å²) in [5.41, 5.74) is 8.60. The number of benzene rings is 1. The van der Waals surface area contributed by atoms with Crippen LogP contribution in [0, 0.1) is 0 Å². The molecule has 0 radical (unpaired) electrons. The largest absolute Gasteiger partial charge is 0.463 e. The first-order valence-electron chi connectivity index (χ1n) is 6.67. The molecule has 22 heavy (non-hydrogen) atoms. The van der Waals surface area contributed by atoms with E-state index in [4.69, 9.17) is 16.3 Å². The highest BCUT2D eigenvalue weighted by molar-refractivity contribution is 5.89. The molecule has 1 aromatic rings. The third-order valence-corrected chi connectivity index (χ3v) is 2.86. The molecule has 8 nitrogen and oxygen atoms in total. The van der Waals surface area contributed by atoms with Gasteiger partial charge in [-0.05, 0) is 12.0 Å². The van der Waals surface area contributed by atoms with Crippen LogP contribution in [0.4, 0.5) is 0 Å². The molecule has 0 heterocycles. The molecule has 0 aliphatic carbocycles. The number of hydrogen-bond donors (Lipinski definition) is 4. The van der Waals surface area contributed by atoms with Crippen molar-refractivity contribution in [3.05, 3.63) is 35.9 Å². The van der Waals surface area contributed by atoms with Gasteiger partial charge in [0.2, 0.25) is 5.91 Å². The van der Waals surface area contributed by atoms with E-state index in [1.165, 1.54) is 6.92 Å². The van der Waals surface area contributed by atoms with E-state index >= 15 is 0 Å². The lowest BCUT2D eigenvalue weighted by Crippen LogP contribution is -2.55. The van der Waals surface area contributed by atoms with Crippen LogP contribution in [0.1, 0.15) is 12.5 Å². The van der Waals surface area contributed by atoms with Crippen LogP contribution in [0.3, 0.4) is 0 Å². The summed E-state index contributed by atoms with van der Waals surface area (Å²) in [5.74, 6) is 3.24. The molecule has 0 saturated carbocycles. The van der Waals surface area contributed by atoms with E-state index in [9.17, 15) is 14.4 Å². The van der Waals surface area contributed by atoms with Gasteiger partial charge in [-0.15, -0.1) is 0 Å². The van der Waals surface area contributed by atoms with E-state index < -0.39 is 29.9 Å². The lowest BCUT2D eigenvalue weighted by atomic mass is 10.1. The van der Waals surface area contributed by atoms with Crippen molar-refractivity contribution in [2.24, 2.45) is 11.6 Å². The Balaban J connectivity index is 2.61. The minimum atomic E-state index is -1.09. The maximum atomic E-state index is 12.0. The molecule has 2 amide bonds. The highest BCUT2D eigenvalue weighted by Crippen LogP contribution is 2.02. The highest BCUT2D eigenvalue weighted by Gasteiger charge is 2.24. The molecule has 120 valence electrons. The maximum absolute atomic E-state index is 12.0. The van der Waals surface area contributed by atoms with Gasteiger partial charge in [-0.3, -0.25) is 19.8 Å². The van der Waals surface area contributed by atoms with E-state index in [1.54, 1.807) is 0 Å². The van der Waals surface area contributed by atoms with Gasteiger partial charge >= 0.3 is 5.97 Å². The van der Waals surface area contributed by atoms with Crippen LogP contribution in [0.15, 0.2) is 30.3 Å². The highest BCUT2D eigenvalue weighted by atomic mass is 16.5. The average Bonchev–Trinajstić information content (AvgIpc) is 2.51. The zero-order chi connectivity index (χ0) is 16.5. The van der Waals surface area contributed by atoms with E-state index in [1.807, 2.05) is 35.8 Å². The van der Waals surface area contributed by atoms with Gasteiger partial charge in [-0.1, -0.05) is 30.3 Å². The molecule has 0 spiro atoms. The summed E-state index contributed by atoms with van der Waals surface area (Å²) in [5, 5.41) is 2.41. The molecular formula is C14H20N4O4. The standard InChI is InChI=1S/C14H20N4O4/c1-9(19)22-8-12(14(21)18-16)17-13(20)11(15)7-10-5-3-2-4-6-10/h2-6,11-12H,7-8,15-16H2,1H3,(H,17,20)(H,18,21)/t11-,12-/m0/s1. The van der Waals surface area contributed by atoms with Crippen molar-refractivity contribution in [3.63, 3.8) is 0 Å². The molecule has 0 saturated heterocycles. The normalized spacial score (nSPS) is 12.9. The number of nitrogens with one attached hydrogen (secondary N) is 2. The number of hydrazine groups is 1. The minimum Gasteiger partial charge on any atom is -0.463 e. The third-order valence-electron chi connectivity index (χ3n) is 2.86. The van der Waals surface area contributed by atoms with Gasteiger partial charge in [-0.2, -0.15) is 0 Å². The van der Waals surface area contributed by atoms with Crippen molar-refractivity contribution in [1.29, 1.82) is 0 Å². The average molecular weight is 308 g/mol. The first-order chi connectivity index (χ1) is 10.4. The zero-order valence-corrected chi connectivity index (χ0v) is 12.2. The van der Waals surface area contributed by atoms with Crippen molar-refractivity contribution in [3.8, 4) is 0 Å². The lowest BCUT2D eigenvalue weighted by Gasteiger charge is -2.19. The number of rotatable bonds is 7. The molecule has 0 fully saturated rings. The van der Waals surface area contributed by atoms with Crippen LogP contribution in [-0.2, 0) is 25.5 Å². The Morgan fingerprint density at radius 3 is 2.36 bits per heavy atom. The van der Waals surface area contributed by atoms with Crippen molar-refractivity contribution < 1.29 is 19.1 Å². The molecule has 0 aliphatic rings. The summed E-state index contributed by atoms with van der Waals surface area (Å²) in [7, 11) is 0. The summed E-state index contributed by atoms with van der Waals surface area (Å²) in [6, 6.07) is 7.29. The van der Waals surface area contributed by atoms with E-state index in [-0.39, 0.29) is 6.61 Å². The van der Waals surface area contributed by atoms with Gasteiger partial charge < -0.3 is 15.8 Å². The second-order valence-electron chi connectivity index (χ2n) is 4.67. The Bertz CT molecular complexity index is 521. The smallest absolute Gasteiger partial charge is 0.302 e. The molecule has 0 aliphatic heterocycles. The Hall–Kier alpha value is -2.45. The zero-order valence-electron chi connectivity index (χ0n) is 12.2. The number of ether oxygens (including phenoxy) is 1. The van der Waals surface area contributed by atoms with Crippen LogP contribution in [0.25, 0.3) is 0 Å². The molecule has 0 bridgehead atoms. The monoisotopic (exact) mass is 308 g/mol. The summed E-state index contributed by atoms with van der Waals surface area (Å²) < 4.78 is 4.72. The predicted octanol–water partition coefficient (Wildman–Crippen LogP) is -1.41. The van der Waals surface area contributed by atoms with Gasteiger partial charge in [0.05, 0.1) is 6.04 Å². The SMILES string of the molecule is CC(=O)OC[C@H](NC(=O)[C@@H](N)Cc1ccccc1)C(=O)NN. The van der Waals surface area contributed by atoms with Crippen molar-refractivity contribution in [2.45, 2.75) is 25.4 Å². The molecule has 1 aromatic carbocycles. The second kappa shape index (κ2) is 8.75. The Kier molecular flexibility index (Phi) is 7.00. The lowest BCUT2D eigenvalue weighted by molar-refractivity contribution is -0.144. The number of hydrogen-bond acceptors (Lipinski definition) is 6. The molecule has 2 atom stereocenters. The van der Waals surface area contributed by atoms with Crippen LogP contribution in [0.2, 0.25) is 0 Å². The van der Waals surface area contributed by atoms with E-state index in [0.29, 0.717) is 6.42 Å². The van der Waals surface area contributed by atoms with Gasteiger partial charge in [0.15, 0.2) is 0 Å². The number of carbonyl (C=O) groups excluding carboxylic acids is 3. The Morgan fingerprint density at radius 1 is 1.18 bits per heavy atom. The van der Waals surface area contributed by atoms with Gasteiger partial charge in [0.1, 0.15) is 12.6 Å². The summed E-state index contributed by atoms with van der Waals surface area (Å²) in [4.78, 5) is 34.4. The Labute approximate surface area is 128 Å². The summed E-state index contributed by atoms with van der Waals surface area (Å²) in [6.45, 7) is 0.878. The van der Waals surface area contributed by atoms with E-state index in [0.717, 1.165) is 5.56 Å². The quantitative estimate of drug-likeness (QED) is 0.211. The van der Waals surface area contributed by atoms with Crippen molar-refractivity contribution >= 4 is 17.8 Å². The van der Waals surface area contributed by atoms with Crippen molar-refractivity contribution in [2.75, 3.05) is 6.61 Å². The van der Waals surface area contributed by atoms with Crippen LogP contribution in [0.5, 0.6) is 0 Å². The molecule has 0 aromatic heterocycles. The molecule has 8 heteroatoms. The number of esters is 1. The van der Waals surface area contributed by atoms with E-state index in [2.05, 4.69) is 5.32 Å². The predicted molar refractivity (Wildman–Crippen MR) is 79.0 cm³/mol.